The lowest BCUT2D eigenvalue weighted by molar-refractivity contribution is 0.406. The third-order valence-corrected chi connectivity index (χ3v) is 5.18. The fraction of sp³-hybridized carbons (Fsp3) is 0.304. The van der Waals surface area contributed by atoms with Crippen LogP contribution in [0.2, 0.25) is 0 Å². The maximum absolute atomic E-state index is 9.12. The van der Waals surface area contributed by atoms with Crippen LogP contribution in [0.5, 0.6) is 5.75 Å². The Morgan fingerprint density at radius 3 is 2.68 bits per heavy atom. The first kappa shape index (κ1) is 18.1. The van der Waals surface area contributed by atoms with Crippen molar-refractivity contribution in [1.29, 1.82) is 5.26 Å². The molecule has 28 heavy (non-hydrogen) atoms. The van der Waals surface area contributed by atoms with E-state index in [0.29, 0.717) is 12.0 Å². The number of benzene rings is 2. The maximum Gasteiger partial charge on any atom is 0.123 e. The Kier molecular flexibility index (Phi) is 4.15. The van der Waals surface area contributed by atoms with E-state index in [0.717, 1.165) is 28.2 Å². The van der Waals surface area contributed by atoms with Crippen molar-refractivity contribution in [2.75, 3.05) is 7.11 Å². The molecule has 5 nitrogen and oxygen atoms in total. The molecule has 0 saturated carbocycles. The average molecular weight is 372 g/mol. The molecule has 4 rings (SSSR count). The van der Waals surface area contributed by atoms with Gasteiger partial charge in [-0.2, -0.15) is 5.26 Å². The van der Waals surface area contributed by atoms with Gasteiger partial charge in [-0.05, 0) is 63.6 Å². The van der Waals surface area contributed by atoms with Gasteiger partial charge < -0.3 is 14.3 Å². The van der Waals surface area contributed by atoms with E-state index in [9.17, 15) is 0 Å². The summed E-state index contributed by atoms with van der Waals surface area (Å²) in [6.45, 7) is 8.76. The van der Waals surface area contributed by atoms with Gasteiger partial charge in [0.15, 0.2) is 0 Å². The lowest BCUT2D eigenvalue weighted by atomic mass is 10.0. The van der Waals surface area contributed by atoms with Crippen LogP contribution < -0.4 is 4.74 Å². The Morgan fingerprint density at radius 2 is 2.00 bits per heavy atom. The van der Waals surface area contributed by atoms with Crippen molar-refractivity contribution in [2.24, 2.45) is 0 Å². The summed E-state index contributed by atoms with van der Waals surface area (Å²) >= 11 is 0. The zero-order valence-electron chi connectivity index (χ0n) is 16.9. The van der Waals surface area contributed by atoms with Crippen molar-refractivity contribution in [2.45, 2.75) is 39.7 Å². The standard InChI is InChI=1S/C23H24N4O/c1-14-10-20(28-5)17(16-8-9-27(22(14)16)23(2,3)4)12-21-25-18-7-6-15(13-24)11-19(18)26-21/h6-11H,12H2,1-5H3,(H,25,26). The molecule has 0 bridgehead atoms. The van der Waals surface area contributed by atoms with Crippen LogP contribution in [-0.4, -0.2) is 21.6 Å². The number of rotatable bonds is 3. The highest BCUT2D eigenvalue weighted by atomic mass is 16.5. The molecule has 0 saturated heterocycles. The van der Waals surface area contributed by atoms with Crippen molar-refractivity contribution in [1.82, 2.24) is 14.5 Å². The molecule has 0 spiro atoms. The zero-order valence-corrected chi connectivity index (χ0v) is 16.9. The van der Waals surface area contributed by atoms with E-state index in [1.54, 1.807) is 13.2 Å². The van der Waals surface area contributed by atoms with E-state index in [4.69, 9.17) is 15.0 Å². The topological polar surface area (TPSA) is 66.6 Å². The fourth-order valence-electron chi connectivity index (χ4n) is 3.87. The number of nitriles is 1. The van der Waals surface area contributed by atoms with Crippen LogP contribution in [0.15, 0.2) is 36.5 Å². The monoisotopic (exact) mass is 372 g/mol. The summed E-state index contributed by atoms with van der Waals surface area (Å²) in [5, 5.41) is 10.3. The van der Waals surface area contributed by atoms with Gasteiger partial charge in [-0.25, -0.2) is 4.98 Å². The lowest BCUT2D eigenvalue weighted by Gasteiger charge is -2.24. The van der Waals surface area contributed by atoms with E-state index < -0.39 is 0 Å². The minimum Gasteiger partial charge on any atom is -0.496 e. The summed E-state index contributed by atoms with van der Waals surface area (Å²) < 4.78 is 8.04. The number of methoxy groups -OCH3 is 1. The molecule has 142 valence electrons. The zero-order chi connectivity index (χ0) is 20.1. The number of imidazole rings is 1. The van der Waals surface area contributed by atoms with Gasteiger partial charge in [0.05, 0.1) is 35.3 Å². The van der Waals surface area contributed by atoms with Crippen LogP contribution in [0.25, 0.3) is 21.9 Å². The number of aromatic amines is 1. The molecular formula is C23H24N4O. The molecule has 4 aromatic rings. The van der Waals surface area contributed by atoms with Crippen LogP contribution in [0.4, 0.5) is 0 Å². The van der Waals surface area contributed by atoms with Gasteiger partial charge in [0.1, 0.15) is 11.6 Å². The Morgan fingerprint density at radius 1 is 1.21 bits per heavy atom. The Labute approximate surface area is 164 Å². The third-order valence-electron chi connectivity index (χ3n) is 5.18. The van der Waals surface area contributed by atoms with E-state index in [-0.39, 0.29) is 5.54 Å². The molecule has 0 fully saturated rings. The van der Waals surface area contributed by atoms with Gasteiger partial charge in [-0.3, -0.25) is 0 Å². The molecule has 0 aliphatic carbocycles. The molecular weight excluding hydrogens is 348 g/mol. The van der Waals surface area contributed by atoms with E-state index in [2.05, 4.69) is 61.6 Å². The summed E-state index contributed by atoms with van der Waals surface area (Å²) in [6.07, 6.45) is 2.78. The number of hydrogen-bond donors (Lipinski definition) is 1. The van der Waals surface area contributed by atoms with E-state index in [1.165, 1.54) is 16.5 Å². The number of ether oxygens (including phenoxy) is 1. The van der Waals surface area contributed by atoms with Crippen molar-refractivity contribution in [3.63, 3.8) is 0 Å². The van der Waals surface area contributed by atoms with Gasteiger partial charge in [0, 0.05) is 29.1 Å². The molecule has 0 aliphatic heterocycles. The quantitative estimate of drug-likeness (QED) is 0.547. The summed E-state index contributed by atoms with van der Waals surface area (Å²) in [5.74, 6) is 1.73. The molecule has 0 amide bonds. The number of aromatic nitrogens is 3. The molecule has 2 aromatic heterocycles. The van der Waals surface area contributed by atoms with E-state index >= 15 is 0 Å². The predicted octanol–water partition coefficient (Wildman–Crippen LogP) is 5.05. The number of hydrogen-bond acceptors (Lipinski definition) is 3. The number of fused-ring (bicyclic) bond motifs is 2. The first-order valence-corrected chi connectivity index (χ1v) is 9.38. The number of nitrogens with one attached hydrogen (secondary N) is 1. The minimum absolute atomic E-state index is 0.00851. The van der Waals surface area contributed by atoms with Crippen molar-refractivity contribution in [3.05, 3.63) is 59.0 Å². The molecule has 1 N–H and O–H groups in total. The molecule has 5 heteroatoms. The third kappa shape index (κ3) is 2.91. The SMILES string of the molecule is COc1cc(C)c2c(ccn2C(C)(C)C)c1Cc1nc2ccc(C#N)cc2[nH]1. The van der Waals surface area contributed by atoms with Gasteiger partial charge in [0.25, 0.3) is 0 Å². The van der Waals surface area contributed by atoms with Gasteiger partial charge in [0.2, 0.25) is 0 Å². The van der Waals surface area contributed by atoms with Gasteiger partial charge in [-0.15, -0.1) is 0 Å². The summed E-state index contributed by atoms with van der Waals surface area (Å²) in [5.41, 5.74) is 5.90. The van der Waals surface area contributed by atoms with Crippen LogP contribution in [0.3, 0.4) is 0 Å². The van der Waals surface area contributed by atoms with Crippen LogP contribution >= 0.6 is 0 Å². The highest BCUT2D eigenvalue weighted by Gasteiger charge is 2.21. The normalized spacial score (nSPS) is 11.9. The van der Waals surface area contributed by atoms with Crippen LogP contribution in [0, 0.1) is 18.3 Å². The van der Waals surface area contributed by atoms with Crippen molar-refractivity contribution in [3.8, 4) is 11.8 Å². The highest BCUT2D eigenvalue weighted by Crippen LogP contribution is 2.35. The predicted molar refractivity (Wildman–Crippen MR) is 112 cm³/mol. The number of aryl methyl sites for hydroxylation is 1. The molecule has 2 aromatic carbocycles. The maximum atomic E-state index is 9.12. The second-order valence-corrected chi connectivity index (χ2v) is 8.20. The Hall–Kier alpha value is -3.26. The first-order valence-electron chi connectivity index (χ1n) is 9.38. The number of nitrogens with zero attached hydrogens (tertiary/aromatic N) is 3. The fourth-order valence-corrected chi connectivity index (χ4v) is 3.87. The molecule has 0 aliphatic rings. The summed E-state index contributed by atoms with van der Waals surface area (Å²) in [7, 11) is 1.71. The van der Waals surface area contributed by atoms with Crippen LogP contribution in [-0.2, 0) is 12.0 Å². The summed E-state index contributed by atoms with van der Waals surface area (Å²) in [6, 6.07) is 12.0. The largest absolute Gasteiger partial charge is 0.496 e. The summed E-state index contributed by atoms with van der Waals surface area (Å²) in [4.78, 5) is 8.08. The second kappa shape index (κ2) is 6.42. The Bertz CT molecular complexity index is 1230. The smallest absolute Gasteiger partial charge is 0.123 e. The molecule has 0 unspecified atom stereocenters. The van der Waals surface area contributed by atoms with Crippen molar-refractivity contribution < 1.29 is 4.74 Å². The minimum atomic E-state index is -0.00851. The molecule has 2 heterocycles. The van der Waals surface area contributed by atoms with Crippen molar-refractivity contribution >= 4 is 21.9 Å². The second-order valence-electron chi connectivity index (χ2n) is 8.20. The lowest BCUT2D eigenvalue weighted by Crippen LogP contribution is -2.20. The first-order chi connectivity index (χ1) is 13.3. The van der Waals surface area contributed by atoms with Gasteiger partial charge in [-0.1, -0.05) is 0 Å². The molecule has 0 atom stereocenters. The van der Waals surface area contributed by atoms with Crippen LogP contribution in [0.1, 0.15) is 43.3 Å². The highest BCUT2D eigenvalue weighted by molar-refractivity contribution is 5.89. The Balaban J connectivity index is 1.87. The molecule has 0 radical (unpaired) electrons. The average Bonchev–Trinajstić information content (AvgIpc) is 3.26. The number of H-pyrrole nitrogens is 1. The van der Waals surface area contributed by atoms with Gasteiger partial charge >= 0.3 is 0 Å². The van der Waals surface area contributed by atoms with E-state index in [1.807, 2.05) is 12.1 Å².